The van der Waals surface area contributed by atoms with E-state index in [-0.39, 0.29) is 40.7 Å². The molecule has 3 heterocycles. The number of benzene rings is 1. The first-order valence-electron chi connectivity index (χ1n) is 9.17. The molecule has 0 bridgehead atoms. The van der Waals surface area contributed by atoms with Gasteiger partial charge in [0.1, 0.15) is 17.1 Å². The summed E-state index contributed by atoms with van der Waals surface area (Å²) in [6.45, 7) is 0. The minimum atomic E-state index is -1.42. The third-order valence-electron chi connectivity index (χ3n) is 4.87. The molecular formula is C18H21N6NaO6S2. The number of amides is 2. The number of aliphatic hydroxyl groups is 1. The Balaban J connectivity index is 0.00000193. The Labute approximate surface area is 218 Å². The van der Waals surface area contributed by atoms with Crippen LogP contribution in [0.2, 0.25) is 0 Å². The van der Waals surface area contributed by atoms with Gasteiger partial charge in [-0.1, -0.05) is 42.1 Å². The van der Waals surface area contributed by atoms with Crippen LogP contribution in [0.4, 0.5) is 0 Å². The molecule has 2 aliphatic heterocycles. The average Bonchev–Trinajstić information content (AvgIpc) is 3.19. The Morgan fingerprint density at radius 1 is 1.33 bits per heavy atom. The fourth-order valence-electron chi connectivity index (χ4n) is 3.31. The van der Waals surface area contributed by atoms with E-state index in [2.05, 4.69) is 20.8 Å². The van der Waals surface area contributed by atoms with Crippen LogP contribution in [0.3, 0.4) is 0 Å². The van der Waals surface area contributed by atoms with Crippen molar-refractivity contribution in [3.8, 4) is 0 Å². The molecule has 0 saturated carbocycles. The number of hydrogen-bond acceptors (Lipinski definition) is 9. The van der Waals surface area contributed by atoms with Crippen LogP contribution in [0.25, 0.3) is 0 Å². The maximum absolute atomic E-state index is 12.7. The van der Waals surface area contributed by atoms with E-state index >= 15 is 0 Å². The Morgan fingerprint density at radius 2 is 2.03 bits per heavy atom. The fourth-order valence-corrected chi connectivity index (χ4v) is 5.64. The van der Waals surface area contributed by atoms with Gasteiger partial charge < -0.3 is 21.0 Å². The number of nitrogens with zero attached hydrogens (tertiary/aromatic N) is 5. The number of β-lactam (4-membered cyclic amide) rings is 1. The topological polar surface area (TPSA) is 182 Å². The Hall–Kier alpha value is -1.94. The van der Waals surface area contributed by atoms with E-state index in [1.54, 1.807) is 37.4 Å². The van der Waals surface area contributed by atoms with Crippen LogP contribution in [0.15, 0.2) is 46.8 Å². The van der Waals surface area contributed by atoms with Gasteiger partial charge in [-0.15, -0.1) is 16.9 Å². The van der Waals surface area contributed by atoms with E-state index < -0.39 is 35.3 Å². The van der Waals surface area contributed by atoms with Gasteiger partial charge in [0.05, 0.1) is 0 Å². The number of carbonyl (C=O) groups is 3. The molecule has 0 spiro atoms. The molecule has 1 saturated heterocycles. The number of carboxylic acids is 1. The second-order valence-electron chi connectivity index (χ2n) is 6.84. The van der Waals surface area contributed by atoms with Gasteiger partial charge >= 0.3 is 35.5 Å². The van der Waals surface area contributed by atoms with E-state index in [1.165, 1.54) is 33.1 Å². The van der Waals surface area contributed by atoms with Gasteiger partial charge in [0, 0.05) is 18.6 Å². The SMILES string of the molecule is Cn1nnnc1SCC1=C(C(=O)O)N2C(=O)[C@@H](NC(=O)[C@H](O)c3ccccc3)[C@H]2SC1.O.[NaH]. The standard InChI is InChI=1S/C18H18N6O5S2.Na.H2O.H/c1-23-18(20-21-22-23)31-8-10-7-30-16-11(15(27)24(16)12(10)17(28)29)19-14(26)13(25)9-5-3-2-4-6-9;;;/h2-6,11,13,16,25H,7-8H2,1H3,(H,19,26)(H,28,29);;1H2;/t11-,13-,16-;;;/m1.../s1. The Kier molecular flexibility index (Phi) is 9.48. The molecule has 1 aromatic heterocycles. The summed E-state index contributed by atoms with van der Waals surface area (Å²) in [5, 5.41) is 33.6. The van der Waals surface area contributed by atoms with Crippen molar-refractivity contribution in [2.75, 3.05) is 11.5 Å². The molecule has 1 fully saturated rings. The van der Waals surface area contributed by atoms with Gasteiger partial charge in [0.15, 0.2) is 6.10 Å². The number of aromatic nitrogens is 4. The molecule has 12 nitrogen and oxygen atoms in total. The first-order chi connectivity index (χ1) is 14.9. The van der Waals surface area contributed by atoms with E-state index in [0.29, 0.717) is 27.8 Å². The summed E-state index contributed by atoms with van der Waals surface area (Å²) in [4.78, 5) is 38.2. The number of fused-ring (bicyclic) bond motifs is 1. The van der Waals surface area contributed by atoms with E-state index in [4.69, 9.17) is 0 Å². The summed E-state index contributed by atoms with van der Waals surface area (Å²) in [6.07, 6.45) is -1.42. The monoisotopic (exact) mass is 504 g/mol. The Morgan fingerprint density at radius 3 is 2.64 bits per heavy atom. The van der Waals surface area contributed by atoms with E-state index in [9.17, 15) is 24.6 Å². The van der Waals surface area contributed by atoms with Gasteiger partial charge in [-0.05, 0) is 21.6 Å². The number of aryl methyl sites for hydroxylation is 1. The molecule has 2 amide bonds. The van der Waals surface area contributed by atoms with Gasteiger partial charge in [-0.3, -0.25) is 14.5 Å². The van der Waals surface area contributed by atoms with Crippen LogP contribution in [0.1, 0.15) is 11.7 Å². The van der Waals surface area contributed by atoms with Crippen molar-refractivity contribution in [1.29, 1.82) is 0 Å². The van der Waals surface area contributed by atoms with Crippen molar-refractivity contribution in [2.24, 2.45) is 7.05 Å². The first kappa shape index (κ1) is 27.3. The minimum absolute atomic E-state index is 0. The molecular weight excluding hydrogens is 483 g/mol. The van der Waals surface area contributed by atoms with Crippen molar-refractivity contribution < 1.29 is 30.1 Å². The van der Waals surface area contributed by atoms with Gasteiger partial charge in [0.2, 0.25) is 5.16 Å². The van der Waals surface area contributed by atoms with Crippen molar-refractivity contribution in [3.63, 3.8) is 0 Å². The molecule has 0 radical (unpaired) electrons. The number of thioether (sulfide) groups is 2. The number of aliphatic hydroxyl groups excluding tert-OH is 1. The second-order valence-corrected chi connectivity index (χ2v) is 8.89. The van der Waals surface area contributed by atoms with Crippen molar-refractivity contribution >= 4 is 70.9 Å². The molecule has 172 valence electrons. The number of rotatable bonds is 7. The first-order valence-corrected chi connectivity index (χ1v) is 11.2. The number of carbonyl (C=O) groups excluding carboxylic acids is 2. The summed E-state index contributed by atoms with van der Waals surface area (Å²) < 4.78 is 1.48. The van der Waals surface area contributed by atoms with Crippen LogP contribution < -0.4 is 5.32 Å². The molecule has 3 atom stereocenters. The molecule has 15 heteroatoms. The van der Waals surface area contributed by atoms with E-state index in [1.807, 2.05) is 0 Å². The van der Waals surface area contributed by atoms with Crippen LogP contribution in [0, 0.1) is 0 Å². The molecule has 5 N–H and O–H groups in total. The van der Waals surface area contributed by atoms with Crippen molar-refractivity contribution in [1.82, 2.24) is 30.4 Å². The molecule has 2 aromatic rings. The number of nitrogens with one attached hydrogen (secondary N) is 1. The zero-order chi connectivity index (χ0) is 22.1. The second kappa shape index (κ2) is 11.5. The van der Waals surface area contributed by atoms with Crippen LogP contribution in [-0.4, -0.2) is 111 Å². The zero-order valence-electron chi connectivity index (χ0n) is 16.7. The predicted octanol–water partition coefficient (Wildman–Crippen LogP) is -1.70. The molecule has 2 aliphatic rings. The number of hydrogen-bond donors (Lipinski definition) is 3. The fraction of sp³-hybridized carbons (Fsp3) is 0.333. The summed E-state index contributed by atoms with van der Waals surface area (Å²) in [7, 11) is 1.68. The number of carboxylic acid groups (broad SMARTS) is 1. The van der Waals surface area contributed by atoms with Gasteiger partial charge in [-0.25, -0.2) is 9.48 Å². The maximum atomic E-state index is 12.7. The van der Waals surface area contributed by atoms with Gasteiger partial charge in [-0.2, -0.15) is 0 Å². The molecule has 0 aliphatic carbocycles. The van der Waals surface area contributed by atoms with Gasteiger partial charge in [0.25, 0.3) is 11.8 Å². The molecule has 1 aromatic carbocycles. The molecule has 4 rings (SSSR count). The van der Waals surface area contributed by atoms with Crippen LogP contribution in [-0.2, 0) is 21.4 Å². The van der Waals surface area contributed by atoms with Crippen molar-refractivity contribution in [3.05, 3.63) is 47.2 Å². The Bertz CT molecular complexity index is 1070. The number of aliphatic carboxylic acids is 1. The summed E-state index contributed by atoms with van der Waals surface area (Å²) in [5.41, 5.74) is 0.901. The quantitative estimate of drug-likeness (QED) is 0.223. The van der Waals surface area contributed by atoms with Crippen molar-refractivity contribution in [2.45, 2.75) is 22.7 Å². The number of tetrazole rings is 1. The normalized spacial score (nSPS) is 20.1. The van der Waals surface area contributed by atoms with E-state index in [0.717, 1.165) is 0 Å². The third kappa shape index (κ3) is 5.42. The van der Waals surface area contributed by atoms with Crippen LogP contribution >= 0.6 is 23.5 Å². The molecule has 0 unspecified atom stereocenters. The third-order valence-corrected chi connectivity index (χ3v) is 7.30. The molecule has 33 heavy (non-hydrogen) atoms. The average molecular weight is 505 g/mol. The van der Waals surface area contributed by atoms with Crippen LogP contribution in [0.5, 0.6) is 0 Å². The zero-order valence-corrected chi connectivity index (χ0v) is 18.3. The predicted molar refractivity (Wildman–Crippen MR) is 121 cm³/mol. The summed E-state index contributed by atoms with van der Waals surface area (Å²) in [6, 6.07) is 7.46. The summed E-state index contributed by atoms with van der Waals surface area (Å²) >= 11 is 2.64. The summed E-state index contributed by atoms with van der Waals surface area (Å²) in [5.74, 6) is -1.75.